The van der Waals surface area contributed by atoms with Gasteiger partial charge in [-0.05, 0) is 17.2 Å². The summed E-state index contributed by atoms with van der Waals surface area (Å²) in [4.78, 5) is 3.95. The van der Waals surface area contributed by atoms with Gasteiger partial charge in [-0.15, -0.1) is 0 Å². The van der Waals surface area contributed by atoms with E-state index in [1.807, 2.05) is 30.3 Å². The predicted octanol–water partition coefficient (Wildman–Crippen LogP) is 4.02. The lowest BCUT2D eigenvalue weighted by Gasteiger charge is -2.05. The van der Waals surface area contributed by atoms with Crippen LogP contribution in [0, 0.1) is 0 Å². The van der Waals surface area contributed by atoms with Crippen LogP contribution in [0.2, 0.25) is 0 Å². The number of fused-ring (bicyclic) bond motifs is 1. The first-order valence-electron chi connectivity index (χ1n) is 8.21. The van der Waals surface area contributed by atoms with Crippen LogP contribution < -0.4 is 5.32 Å². The van der Waals surface area contributed by atoms with Crippen molar-refractivity contribution in [3.63, 3.8) is 0 Å². The first-order valence-corrected chi connectivity index (χ1v) is 8.21. The van der Waals surface area contributed by atoms with Gasteiger partial charge in [0, 0.05) is 37.1 Å². The van der Waals surface area contributed by atoms with E-state index < -0.39 is 0 Å². The van der Waals surface area contributed by atoms with Crippen LogP contribution in [-0.2, 0) is 13.0 Å². The molecule has 2 heterocycles. The lowest BCUT2D eigenvalue weighted by molar-refractivity contribution is 0.431. The molecule has 0 radical (unpaired) electrons. The van der Waals surface area contributed by atoms with Crippen LogP contribution in [0.3, 0.4) is 0 Å². The van der Waals surface area contributed by atoms with Gasteiger partial charge in [0.15, 0.2) is 5.76 Å². The topological polar surface area (TPSA) is 63.2 Å². The van der Waals surface area contributed by atoms with Gasteiger partial charge in [0.2, 0.25) is 0 Å². The molecule has 5 heteroatoms. The lowest BCUT2D eigenvalue weighted by Crippen LogP contribution is -1.97. The van der Waals surface area contributed by atoms with Gasteiger partial charge in [-0.1, -0.05) is 48.5 Å². The maximum atomic E-state index is 9.99. The number of benzene rings is 2. The molecule has 0 aliphatic carbocycles. The molecule has 0 saturated heterocycles. The minimum absolute atomic E-state index is 0.0655. The molecule has 0 unspecified atom stereocenters. The summed E-state index contributed by atoms with van der Waals surface area (Å²) in [5, 5.41) is 13.9. The largest absolute Gasteiger partial charge is 0.491 e. The average Bonchev–Trinajstić information content (AvgIpc) is 3.17. The van der Waals surface area contributed by atoms with Gasteiger partial charge < -0.3 is 19.4 Å². The summed E-state index contributed by atoms with van der Waals surface area (Å²) in [5.74, 6) is 0.399. The zero-order chi connectivity index (χ0) is 17.2. The van der Waals surface area contributed by atoms with Crippen molar-refractivity contribution in [1.82, 2.24) is 9.55 Å². The van der Waals surface area contributed by atoms with Crippen LogP contribution in [0.25, 0.3) is 10.9 Å². The van der Waals surface area contributed by atoms with Crippen molar-refractivity contribution < 1.29 is 9.52 Å². The number of anilines is 1. The molecule has 4 aromatic rings. The molecule has 0 fully saturated rings. The van der Waals surface area contributed by atoms with Crippen LogP contribution in [0.4, 0.5) is 6.01 Å². The molecule has 0 amide bonds. The van der Waals surface area contributed by atoms with Gasteiger partial charge in [-0.3, -0.25) is 0 Å². The maximum absolute atomic E-state index is 9.99. The number of rotatable bonds is 5. The van der Waals surface area contributed by atoms with Crippen molar-refractivity contribution in [1.29, 1.82) is 0 Å². The third kappa shape index (κ3) is 2.96. The number of nitrogens with zero attached hydrogens (tertiary/aromatic N) is 2. The van der Waals surface area contributed by atoms with Crippen molar-refractivity contribution in [3.8, 4) is 5.88 Å². The summed E-state index contributed by atoms with van der Waals surface area (Å²) >= 11 is 0. The standard InChI is InChI=1S/C20H19N3O2/c1-21-20-22-19(24)18(25-20)11-15-13-23(12-14-7-3-2-4-8-14)17-10-6-5-9-16(15)17/h2-10,13,24H,11-12H2,1H3,(H,21,22). The third-order valence-corrected chi connectivity index (χ3v) is 4.31. The summed E-state index contributed by atoms with van der Waals surface area (Å²) in [6, 6.07) is 19.0. The molecule has 126 valence electrons. The number of hydrogen-bond acceptors (Lipinski definition) is 4. The predicted molar refractivity (Wildman–Crippen MR) is 98.0 cm³/mol. The molecule has 0 aliphatic rings. The van der Waals surface area contributed by atoms with E-state index in [4.69, 9.17) is 4.42 Å². The second-order valence-corrected chi connectivity index (χ2v) is 5.98. The third-order valence-electron chi connectivity index (χ3n) is 4.31. The average molecular weight is 333 g/mol. The van der Waals surface area contributed by atoms with E-state index in [2.05, 4.69) is 45.3 Å². The molecule has 0 saturated carbocycles. The normalized spacial score (nSPS) is 11.1. The van der Waals surface area contributed by atoms with Gasteiger partial charge in [-0.25, -0.2) is 0 Å². The van der Waals surface area contributed by atoms with E-state index in [-0.39, 0.29) is 5.88 Å². The molecule has 2 aromatic carbocycles. The second-order valence-electron chi connectivity index (χ2n) is 5.98. The molecule has 2 aromatic heterocycles. The van der Waals surface area contributed by atoms with E-state index >= 15 is 0 Å². The Labute approximate surface area is 145 Å². The Kier molecular flexibility index (Phi) is 3.90. The van der Waals surface area contributed by atoms with Crippen molar-refractivity contribution in [3.05, 3.63) is 77.7 Å². The maximum Gasteiger partial charge on any atom is 0.297 e. The number of nitrogens with one attached hydrogen (secondary N) is 1. The SMILES string of the molecule is CNc1nc(O)c(Cc2cn(Cc3ccccc3)c3ccccc23)o1. The molecular formula is C20H19N3O2. The quantitative estimate of drug-likeness (QED) is 0.579. The van der Waals surface area contributed by atoms with E-state index in [1.54, 1.807) is 7.05 Å². The van der Waals surface area contributed by atoms with Gasteiger partial charge in [0.1, 0.15) is 0 Å². The Morgan fingerprint density at radius 1 is 1.08 bits per heavy atom. The summed E-state index contributed by atoms with van der Waals surface area (Å²) in [7, 11) is 1.71. The Bertz CT molecular complexity index is 1000. The number of hydrogen-bond donors (Lipinski definition) is 2. The highest BCUT2D eigenvalue weighted by atomic mass is 16.4. The first-order chi connectivity index (χ1) is 12.2. The summed E-state index contributed by atoms with van der Waals surface area (Å²) < 4.78 is 7.79. The zero-order valence-electron chi connectivity index (χ0n) is 13.9. The van der Waals surface area contributed by atoms with E-state index in [1.165, 1.54) is 5.56 Å². The molecule has 0 atom stereocenters. The highest BCUT2D eigenvalue weighted by molar-refractivity contribution is 5.84. The minimum Gasteiger partial charge on any atom is -0.491 e. The van der Waals surface area contributed by atoms with Crippen molar-refractivity contribution >= 4 is 16.9 Å². The molecule has 5 nitrogen and oxygen atoms in total. The van der Waals surface area contributed by atoms with Gasteiger partial charge in [-0.2, -0.15) is 4.98 Å². The summed E-state index contributed by atoms with van der Waals surface area (Å²) in [6.45, 7) is 0.797. The number of aromatic nitrogens is 2. The number of para-hydroxylation sites is 1. The Balaban J connectivity index is 1.73. The van der Waals surface area contributed by atoms with E-state index in [0.717, 1.165) is 23.0 Å². The molecule has 0 bridgehead atoms. The fourth-order valence-corrected chi connectivity index (χ4v) is 3.11. The molecule has 25 heavy (non-hydrogen) atoms. The number of oxazole rings is 1. The Morgan fingerprint density at radius 3 is 2.60 bits per heavy atom. The molecule has 4 rings (SSSR count). The fourth-order valence-electron chi connectivity index (χ4n) is 3.11. The van der Waals surface area contributed by atoms with E-state index in [0.29, 0.717) is 18.2 Å². The lowest BCUT2D eigenvalue weighted by atomic mass is 10.1. The zero-order valence-corrected chi connectivity index (χ0v) is 13.9. The fraction of sp³-hybridized carbons (Fsp3) is 0.150. The van der Waals surface area contributed by atoms with Crippen LogP contribution in [0.1, 0.15) is 16.9 Å². The summed E-state index contributed by atoms with van der Waals surface area (Å²) in [6.07, 6.45) is 2.61. The Hall–Kier alpha value is -3.21. The number of aromatic hydroxyl groups is 1. The van der Waals surface area contributed by atoms with Crippen LogP contribution in [-0.4, -0.2) is 21.7 Å². The van der Waals surface area contributed by atoms with Crippen LogP contribution >= 0.6 is 0 Å². The highest BCUT2D eigenvalue weighted by Gasteiger charge is 2.16. The second kappa shape index (κ2) is 6.36. The van der Waals surface area contributed by atoms with Gasteiger partial charge >= 0.3 is 0 Å². The van der Waals surface area contributed by atoms with E-state index in [9.17, 15) is 5.11 Å². The van der Waals surface area contributed by atoms with Crippen LogP contribution in [0.15, 0.2) is 65.2 Å². The summed E-state index contributed by atoms with van der Waals surface area (Å²) in [5.41, 5.74) is 3.50. The van der Waals surface area contributed by atoms with Crippen molar-refractivity contribution in [2.75, 3.05) is 12.4 Å². The van der Waals surface area contributed by atoms with Crippen molar-refractivity contribution in [2.45, 2.75) is 13.0 Å². The van der Waals surface area contributed by atoms with Crippen molar-refractivity contribution in [2.24, 2.45) is 0 Å². The van der Waals surface area contributed by atoms with Gasteiger partial charge in [0.25, 0.3) is 11.9 Å². The highest BCUT2D eigenvalue weighted by Crippen LogP contribution is 2.29. The van der Waals surface area contributed by atoms with Crippen LogP contribution in [0.5, 0.6) is 5.88 Å². The smallest absolute Gasteiger partial charge is 0.297 e. The molecule has 0 aliphatic heterocycles. The molecule has 0 spiro atoms. The first kappa shape index (κ1) is 15.3. The Morgan fingerprint density at radius 2 is 1.84 bits per heavy atom. The van der Waals surface area contributed by atoms with Gasteiger partial charge in [0.05, 0.1) is 0 Å². The molecule has 2 N–H and O–H groups in total. The molecular weight excluding hydrogens is 314 g/mol. The monoisotopic (exact) mass is 333 g/mol. The minimum atomic E-state index is -0.0655.